The smallest absolute Gasteiger partial charge is 0.306 e. The second-order valence-electron chi connectivity index (χ2n) is 18.5. The molecule has 1 heterocycles. The molecule has 0 bridgehead atoms. The Morgan fingerprint density at radius 2 is 1.42 bits per heavy atom. The number of furan rings is 1. The van der Waals surface area contributed by atoms with Gasteiger partial charge in [-0.2, -0.15) is 0 Å². The molecule has 1 aromatic heterocycles. The van der Waals surface area contributed by atoms with E-state index in [4.69, 9.17) is 22.9 Å². The number of carbonyl (C=O) groups excluding carboxylic acids is 3. The van der Waals surface area contributed by atoms with Gasteiger partial charge in [-0.25, -0.2) is 0 Å². The van der Waals surface area contributed by atoms with Gasteiger partial charge in [0.15, 0.2) is 6.10 Å². The number of phosphoric ester groups is 1. The molecule has 1 fully saturated rings. The first-order chi connectivity index (χ1) is 29.5. The maximum atomic E-state index is 12.8. The van der Waals surface area contributed by atoms with Crippen molar-refractivity contribution in [2.45, 2.75) is 194 Å². The number of allylic oxidation sites excluding steroid dienone is 1. The van der Waals surface area contributed by atoms with Gasteiger partial charge in [0.05, 0.1) is 40.0 Å². The molecule has 1 aromatic rings. The van der Waals surface area contributed by atoms with Gasteiger partial charge in [0.1, 0.15) is 37.1 Å². The van der Waals surface area contributed by atoms with Crippen molar-refractivity contribution in [1.29, 1.82) is 0 Å². The minimum Gasteiger partial charge on any atom is -0.756 e. The van der Waals surface area contributed by atoms with Gasteiger partial charge in [-0.15, -0.1) is 0 Å². The molecule has 1 unspecified atom stereocenters. The number of aliphatic hydroxyl groups excluding tert-OH is 2. The Labute approximate surface area is 373 Å². The van der Waals surface area contributed by atoms with Crippen LogP contribution in [0.25, 0.3) is 0 Å². The van der Waals surface area contributed by atoms with Crippen LogP contribution in [0.4, 0.5) is 0 Å². The quantitative estimate of drug-likeness (QED) is 0.0215. The Morgan fingerprint density at radius 1 is 0.823 bits per heavy atom. The summed E-state index contributed by atoms with van der Waals surface area (Å²) in [5.41, 5.74) is 2.59. The van der Waals surface area contributed by atoms with Crippen LogP contribution in [-0.2, 0) is 50.3 Å². The molecule has 6 atom stereocenters. The van der Waals surface area contributed by atoms with Crippen molar-refractivity contribution in [3.05, 3.63) is 34.8 Å². The lowest BCUT2D eigenvalue weighted by atomic mass is 9.88. The molecule has 0 aliphatic heterocycles. The number of rotatable bonds is 36. The van der Waals surface area contributed by atoms with E-state index in [1.54, 1.807) is 12.2 Å². The number of likely N-dealkylation sites (N-methyl/N-ethyl adjacent to an activating group) is 1. The SMILES string of the molecule is CCCCC[C@H](O)/C=C/[C@H]1C(=O)C[C@H](O)[C@@H]1CCCCCCC(=O)OC[C@H](COP(=O)([O-])OCC[N+](C)(C)C)OC(=O)CCCCCCCCCCc1oc(CCC)c(C)c1C. The summed E-state index contributed by atoms with van der Waals surface area (Å²) in [6.07, 6.45) is 19.9. The van der Waals surface area contributed by atoms with Gasteiger partial charge in [0.2, 0.25) is 0 Å². The first-order valence-corrected chi connectivity index (χ1v) is 25.3. The molecule has 0 amide bonds. The van der Waals surface area contributed by atoms with Crippen molar-refractivity contribution in [3.8, 4) is 0 Å². The van der Waals surface area contributed by atoms with Crippen LogP contribution < -0.4 is 4.89 Å². The fourth-order valence-electron chi connectivity index (χ4n) is 7.84. The molecule has 0 aromatic carbocycles. The van der Waals surface area contributed by atoms with E-state index in [0.717, 1.165) is 114 Å². The van der Waals surface area contributed by atoms with Crippen molar-refractivity contribution in [1.82, 2.24) is 0 Å². The van der Waals surface area contributed by atoms with Crippen LogP contribution >= 0.6 is 7.82 Å². The predicted molar refractivity (Wildman–Crippen MR) is 240 cm³/mol. The number of ketones is 1. The zero-order valence-corrected chi connectivity index (χ0v) is 40.4. The third-order valence-electron chi connectivity index (χ3n) is 11.9. The number of nitrogens with zero attached hydrogens (tertiary/aromatic N) is 1. The Hall–Kier alpha value is -2.38. The molecular weight excluding hydrogens is 813 g/mol. The van der Waals surface area contributed by atoms with Gasteiger partial charge in [-0.1, -0.05) is 103 Å². The molecular formula is C48H84NO12P. The number of Topliss-reactive ketones (excluding diaryl/α,β-unsaturated/α-hetero) is 1. The monoisotopic (exact) mass is 898 g/mol. The van der Waals surface area contributed by atoms with Crippen molar-refractivity contribution in [2.24, 2.45) is 11.8 Å². The summed E-state index contributed by atoms with van der Waals surface area (Å²) in [5, 5.41) is 20.8. The number of hydrogen-bond donors (Lipinski definition) is 2. The third-order valence-corrected chi connectivity index (χ3v) is 12.8. The summed E-state index contributed by atoms with van der Waals surface area (Å²) < 4.78 is 40.1. The summed E-state index contributed by atoms with van der Waals surface area (Å²) in [6.45, 7) is 8.06. The molecule has 1 saturated carbocycles. The number of aliphatic hydroxyl groups is 2. The zero-order chi connectivity index (χ0) is 46.0. The van der Waals surface area contributed by atoms with Gasteiger partial charge in [0, 0.05) is 38.0 Å². The van der Waals surface area contributed by atoms with E-state index in [2.05, 4.69) is 27.7 Å². The van der Waals surface area contributed by atoms with Crippen LogP contribution in [0.2, 0.25) is 0 Å². The minimum absolute atomic E-state index is 0.00237. The van der Waals surface area contributed by atoms with Crippen LogP contribution in [0, 0.1) is 25.7 Å². The van der Waals surface area contributed by atoms with Crippen molar-refractivity contribution in [2.75, 3.05) is 47.5 Å². The fourth-order valence-corrected chi connectivity index (χ4v) is 8.57. The highest BCUT2D eigenvalue weighted by atomic mass is 31.2. The molecule has 1 aliphatic rings. The summed E-state index contributed by atoms with van der Waals surface area (Å²) in [7, 11) is 1.02. The molecule has 358 valence electrons. The first-order valence-electron chi connectivity index (χ1n) is 23.9. The molecule has 2 N–H and O–H groups in total. The van der Waals surface area contributed by atoms with E-state index < -0.39 is 50.6 Å². The number of carbonyl (C=O) groups is 3. The van der Waals surface area contributed by atoms with Crippen LogP contribution in [0.5, 0.6) is 0 Å². The van der Waals surface area contributed by atoms with E-state index in [1.807, 2.05) is 21.1 Å². The van der Waals surface area contributed by atoms with Gasteiger partial charge in [-0.3, -0.25) is 18.9 Å². The number of hydrogen-bond acceptors (Lipinski definition) is 12. The zero-order valence-electron chi connectivity index (χ0n) is 39.5. The standard InChI is InChI=1S/C48H84NO12P/c1-8-10-19-25-39(50)30-31-42-41(43(51)34-44(42)52)26-20-17-18-22-28-47(53)57-35-40(36-59-62(55,56)58-33-32-49(5,6)7)60-48(54)29-23-16-14-12-11-13-15-21-27-46-38(4)37(3)45(61-46)24-9-2/h30-31,39-43,50-51H,8-29,32-36H2,1-7H3/b31-30+/t39-,40+,41+,42+,43-/m0/s1. The minimum atomic E-state index is -4.70. The Bertz CT molecular complexity index is 1500. The highest BCUT2D eigenvalue weighted by Crippen LogP contribution is 2.38. The summed E-state index contributed by atoms with van der Waals surface area (Å²) >= 11 is 0. The van der Waals surface area contributed by atoms with E-state index >= 15 is 0 Å². The van der Waals surface area contributed by atoms with Gasteiger partial charge in [-0.05, 0) is 69.4 Å². The molecule has 0 spiro atoms. The van der Waals surface area contributed by atoms with E-state index in [-0.39, 0.29) is 44.2 Å². The average Bonchev–Trinajstić information content (AvgIpc) is 3.63. The van der Waals surface area contributed by atoms with Gasteiger partial charge in [0.25, 0.3) is 7.82 Å². The Balaban J connectivity index is 1.72. The number of ether oxygens (including phenoxy) is 2. The second-order valence-corrected chi connectivity index (χ2v) is 19.9. The molecule has 1 aliphatic carbocycles. The molecule has 14 heteroatoms. The second kappa shape index (κ2) is 30.7. The van der Waals surface area contributed by atoms with Gasteiger partial charge < -0.3 is 42.5 Å². The average molecular weight is 898 g/mol. The number of aryl methyl sites for hydroxylation is 2. The summed E-state index contributed by atoms with van der Waals surface area (Å²) in [5.74, 6) is 0.670. The third kappa shape index (κ3) is 24.1. The lowest BCUT2D eigenvalue weighted by Crippen LogP contribution is -2.37. The molecule has 62 heavy (non-hydrogen) atoms. The number of quaternary nitrogens is 1. The first kappa shape index (κ1) is 55.8. The van der Waals surface area contributed by atoms with Crippen molar-refractivity contribution >= 4 is 25.5 Å². The lowest BCUT2D eigenvalue weighted by molar-refractivity contribution is -0.870. The molecule has 0 radical (unpaired) electrons. The maximum absolute atomic E-state index is 12.8. The maximum Gasteiger partial charge on any atom is 0.306 e. The highest BCUT2D eigenvalue weighted by molar-refractivity contribution is 7.45. The number of esters is 2. The highest BCUT2D eigenvalue weighted by Gasteiger charge is 2.39. The topological polar surface area (TPSA) is 182 Å². The largest absolute Gasteiger partial charge is 0.756 e. The van der Waals surface area contributed by atoms with Crippen molar-refractivity contribution in [3.63, 3.8) is 0 Å². The predicted octanol–water partition coefficient (Wildman–Crippen LogP) is 8.97. The molecule has 13 nitrogen and oxygen atoms in total. The van der Waals surface area contributed by atoms with Gasteiger partial charge >= 0.3 is 11.9 Å². The number of phosphoric acid groups is 1. The van der Waals surface area contributed by atoms with Crippen molar-refractivity contribution < 1.29 is 61.5 Å². The Kier molecular flexibility index (Phi) is 27.6. The Morgan fingerprint density at radius 3 is 2.05 bits per heavy atom. The van der Waals surface area contributed by atoms with Crippen LogP contribution in [-0.4, -0.2) is 98.2 Å². The van der Waals surface area contributed by atoms with E-state index in [0.29, 0.717) is 36.7 Å². The summed E-state index contributed by atoms with van der Waals surface area (Å²) in [6, 6.07) is 0. The molecule has 2 rings (SSSR count). The van der Waals surface area contributed by atoms with E-state index in [9.17, 15) is 34.1 Å². The molecule has 0 saturated heterocycles. The van der Waals surface area contributed by atoms with E-state index in [1.165, 1.54) is 11.1 Å². The van der Waals surface area contributed by atoms with Crippen LogP contribution in [0.1, 0.15) is 171 Å². The van der Waals surface area contributed by atoms with Crippen LogP contribution in [0.3, 0.4) is 0 Å². The number of unbranched alkanes of at least 4 members (excludes halogenated alkanes) is 12. The summed E-state index contributed by atoms with van der Waals surface area (Å²) in [4.78, 5) is 50.5. The fraction of sp³-hybridized carbons (Fsp3) is 0.812. The normalized spacial score (nSPS) is 18.9. The lowest BCUT2D eigenvalue weighted by Gasteiger charge is -2.28. The van der Waals surface area contributed by atoms with Crippen LogP contribution in [0.15, 0.2) is 16.6 Å².